The lowest BCUT2D eigenvalue weighted by Gasteiger charge is -2.32. The summed E-state index contributed by atoms with van der Waals surface area (Å²) in [5.41, 5.74) is 3.08. The molecule has 1 fully saturated rings. The first-order valence-corrected chi connectivity index (χ1v) is 10.9. The van der Waals surface area contributed by atoms with E-state index in [1.165, 1.54) is 23.8 Å². The minimum atomic E-state index is -0.179. The standard InChI is InChI=1S/C26H28N2O4/c29-23-9-7-21(27-17-20-6-8-24(30)25(31)15-20)16-22(23)26(32)28-12-10-19(11-13-28)14-18-4-2-1-3-5-18/h1-9,15-16,19,27,29-31H,10-14,17H2. The minimum absolute atomic E-state index is 0.0331. The second-order valence-corrected chi connectivity index (χ2v) is 8.33. The van der Waals surface area contributed by atoms with E-state index >= 15 is 0 Å². The van der Waals surface area contributed by atoms with Gasteiger partial charge in [0.2, 0.25) is 0 Å². The Bertz CT molecular complexity index is 1080. The van der Waals surface area contributed by atoms with E-state index in [0.29, 0.717) is 31.2 Å². The molecule has 1 saturated heterocycles. The van der Waals surface area contributed by atoms with Crippen molar-refractivity contribution in [1.29, 1.82) is 0 Å². The zero-order chi connectivity index (χ0) is 22.5. The fourth-order valence-corrected chi connectivity index (χ4v) is 4.16. The quantitative estimate of drug-likeness (QED) is 0.340. The largest absolute Gasteiger partial charge is 0.507 e. The second-order valence-electron chi connectivity index (χ2n) is 8.33. The number of phenols is 3. The summed E-state index contributed by atoms with van der Waals surface area (Å²) in [5, 5.41) is 32.6. The van der Waals surface area contributed by atoms with Gasteiger partial charge < -0.3 is 25.5 Å². The molecule has 6 heteroatoms. The average molecular weight is 433 g/mol. The van der Waals surface area contributed by atoms with Crippen LogP contribution in [0.15, 0.2) is 66.7 Å². The van der Waals surface area contributed by atoms with Gasteiger partial charge in [0.1, 0.15) is 5.75 Å². The maximum atomic E-state index is 13.1. The van der Waals surface area contributed by atoms with Gasteiger partial charge in [-0.2, -0.15) is 0 Å². The molecule has 0 spiro atoms. The Kier molecular flexibility index (Phi) is 6.50. The molecule has 3 aromatic carbocycles. The van der Waals surface area contributed by atoms with Crippen LogP contribution in [0.3, 0.4) is 0 Å². The molecule has 0 atom stereocenters. The first kappa shape index (κ1) is 21.6. The van der Waals surface area contributed by atoms with Crippen LogP contribution in [-0.4, -0.2) is 39.2 Å². The van der Waals surface area contributed by atoms with Crippen molar-refractivity contribution in [3.05, 3.63) is 83.4 Å². The van der Waals surface area contributed by atoms with Crippen molar-refractivity contribution >= 4 is 11.6 Å². The molecule has 1 amide bonds. The third-order valence-corrected chi connectivity index (χ3v) is 6.03. The molecule has 6 nitrogen and oxygen atoms in total. The van der Waals surface area contributed by atoms with Crippen molar-refractivity contribution in [1.82, 2.24) is 4.90 Å². The lowest BCUT2D eigenvalue weighted by Crippen LogP contribution is -2.39. The number of rotatable bonds is 6. The molecule has 0 radical (unpaired) electrons. The molecule has 4 rings (SSSR count). The summed E-state index contributed by atoms with van der Waals surface area (Å²) >= 11 is 0. The van der Waals surface area contributed by atoms with E-state index < -0.39 is 0 Å². The number of phenolic OH excluding ortho intramolecular Hbond substituents is 3. The van der Waals surface area contributed by atoms with Gasteiger partial charge in [-0.25, -0.2) is 0 Å². The van der Waals surface area contributed by atoms with E-state index in [-0.39, 0.29) is 28.7 Å². The van der Waals surface area contributed by atoms with E-state index in [1.54, 1.807) is 18.2 Å². The third kappa shape index (κ3) is 5.14. The van der Waals surface area contributed by atoms with Crippen LogP contribution in [0.2, 0.25) is 0 Å². The van der Waals surface area contributed by atoms with Crippen molar-refractivity contribution in [2.75, 3.05) is 18.4 Å². The lowest BCUT2D eigenvalue weighted by molar-refractivity contribution is 0.0687. The van der Waals surface area contributed by atoms with Crippen LogP contribution in [0.5, 0.6) is 17.2 Å². The van der Waals surface area contributed by atoms with Crippen LogP contribution in [0, 0.1) is 5.92 Å². The van der Waals surface area contributed by atoms with Crippen LogP contribution in [0.1, 0.15) is 34.3 Å². The summed E-state index contributed by atoms with van der Waals surface area (Å²) in [6, 6.07) is 19.9. The number of nitrogens with one attached hydrogen (secondary N) is 1. The molecular weight excluding hydrogens is 404 g/mol. The Morgan fingerprint density at radius 3 is 2.28 bits per heavy atom. The summed E-state index contributed by atoms with van der Waals surface area (Å²) in [6.07, 6.45) is 2.92. The van der Waals surface area contributed by atoms with Gasteiger partial charge in [0.25, 0.3) is 5.91 Å². The summed E-state index contributed by atoms with van der Waals surface area (Å²) in [4.78, 5) is 14.9. The maximum Gasteiger partial charge on any atom is 0.257 e. The molecule has 0 unspecified atom stereocenters. The van der Waals surface area contributed by atoms with Crippen LogP contribution in [-0.2, 0) is 13.0 Å². The summed E-state index contributed by atoms with van der Waals surface area (Å²) < 4.78 is 0. The molecular formula is C26H28N2O4. The number of carbonyl (C=O) groups excluding carboxylic acids is 1. The highest BCUT2D eigenvalue weighted by molar-refractivity contribution is 5.97. The fourth-order valence-electron chi connectivity index (χ4n) is 4.16. The molecule has 166 valence electrons. The van der Waals surface area contributed by atoms with Gasteiger partial charge >= 0.3 is 0 Å². The van der Waals surface area contributed by atoms with Gasteiger partial charge in [-0.05, 0) is 66.6 Å². The molecule has 3 aromatic rings. The van der Waals surface area contributed by atoms with Gasteiger partial charge in [0.15, 0.2) is 11.5 Å². The summed E-state index contributed by atoms with van der Waals surface area (Å²) in [6.45, 7) is 1.76. The van der Waals surface area contributed by atoms with E-state index in [9.17, 15) is 20.1 Å². The predicted molar refractivity (Wildman–Crippen MR) is 124 cm³/mol. The van der Waals surface area contributed by atoms with Crippen molar-refractivity contribution in [3.8, 4) is 17.2 Å². The van der Waals surface area contributed by atoms with E-state index in [4.69, 9.17) is 0 Å². The number of aromatic hydroxyl groups is 3. The fraction of sp³-hybridized carbons (Fsp3) is 0.269. The molecule has 32 heavy (non-hydrogen) atoms. The van der Waals surface area contributed by atoms with Gasteiger partial charge in [0.05, 0.1) is 5.56 Å². The summed E-state index contributed by atoms with van der Waals surface area (Å²) in [7, 11) is 0. The van der Waals surface area contributed by atoms with Gasteiger partial charge in [-0.3, -0.25) is 4.79 Å². The first-order valence-electron chi connectivity index (χ1n) is 10.9. The maximum absolute atomic E-state index is 13.1. The number of nitrogens with zero attached hydrogens (tertiary/aromatic N) is 1. The molecule has 1 aliphatic rings. The molecule has 1 heterocycles. The topological polar surface area (TPSA) is 93.0 Å². The van der Waals surface area contributed by atoms with Crippen molar-refractivity contribution < 1.29 is 20.1 Å². The number of amides is 1. The van der Waals surface area contributed by atoms with Crippen molar-refractivity contribution in [2.24, 2.45) is 5.92 Å². The van der Waals surface area contributed by atoms with Crippen molar-refractivity contribution in [3.63, 3.8) is 0 Å². The lowest BCUT2D eigenvalue weighted by atomic mass is 9.90. The van der Waals surface area contributed by atoms with E-state index in [2.05, 4.69) is 29.6 Å². The molecule has 0 aliphatic carbocycles. The average Bonchev–Trinajstić information content (AvgIpc) is 2.81. The van der Waals surface area contributed by atoms with Crippen LogP contribution in [0.4, 0.5) is 5.69 Å². The Morgan fingerprint density at radius 2 is 1.56 bits per heavy atom. The van der Waals surface area contributed by atoms with Gasteiger partial charge in [0, 0.05) is 25.3 Å². The zero-order valence-corrected chi connectivity index (χ0v) is 17.9. The number of benzene rings is 3. The zero-order valence-electron chi connectivity index (χ0n) is 17.9. The van der Waals surface area contributed by atoms with E-state index in [1.807, 2.05) is 11.0 Å². The minimum Gasteiger partial charge on any atom is -0.507 e. The monoisotopic (exact) mass is 432 g/mol. The van der Waals surface area contributed by atoms with Gasteiger partial charge in [-0.1, -0.05) is 36.4 Å². The van der Waals surface area contributed by atoms with Crippen LogP contribution < -0.4 is 5.32 Å². The van der Waals surface area contributed by atoms with Crippen LogP contribution >= 0.6 is 0 Å². The smallest absolute Gasteiger partial charge is 0.257 e. The number of carbonyl (C=O) groups is 1. The number of piperidine rings is 1. The Hall–Kier alpha value is -3.67. The normalized spacial score (nSPS) is 14.3. The molecule has 0 bridgehead atoms. The second kappa shape index (κ2) is 9.64. The highest BCUT2D eigenvalue weighted by Crippen LogP contribution is 2.28. The molecule has 1 aliphatic heterocycles. The van der Waals surface area contributed by atoms with Crippen molar-refractivity contribution in [2.45, 2.75) is 25.8 Å². The molecule has 0 saturated carbocycles. The van der Waals surface area contributed by atoms with Crippen LogP contribution in [0.25, 0.3) is 0 Å². The predicted octanol–water partition coefficient (Wildman–Crippen LogP) is 4.51. The SMILES string of the molecule is O=C(c1cc(NCc2ccc(O)c(O)c2)ccc1O)N1CCC(Cc2ccccc2)CC1. The first-order chi connectivity index (χ1) is 15.5. The number of hydrogen-bond acceptors (Lipinski definition) is 5. The number of anilines is 1. The van der Waals surface area contributed by atoms with Gasteiger partial charge in [-0.15, -0.1) is 0 Å². The molecule has 0 aromatic heterocycles. The Balaban J connectivity index is 1.36. The highest BCUT2D eigenvalue weighted by atomic mass is 16.3. The van der Waals surface area contributed by atoms with E-state index in [0.717, 1.165) is 24.8 Å². The molecule has 4 N–H and O–H groups in total. The Labute approximate surface area is 187 Å². The third-order valence-electron chi connectivity index (χ3n) is 6.03. The number of likely N-dealkylation sites (tertiary alicyclic amines) is 1. The summed E-state index contributed by atoms with van der Waals surface area (Å²) in [5.74, 6) is 0.0194. The highest BCUT2D eigenvalue weighted by Gasteiger charge is 2.25. The Morgan fingerprint density at radius 1 is 0.844 bits per heavy atom. The number of hydrogen-bond donors (Lipinski definition) is 4.